The van der Waals surface area contributed by atoms with Gasteiger partial charge in [-0.2, -0.15) is 0 Å². The van der Waals surface area contributed by atoms with Gasteiger partial charge in [-0.15, -0.1) is 0 Å². The second-order valence-corrected chi connectivity index (χ2v) is 5.52. The van der Waals surface area contributed by atoms with Gasteiger partial charge in [0.1, 0.15) is 0 Å². The molecule has 2 aromatic rings. The van der Waals surface area contributed by atoms with Gasteiger partial charge in [-0.3, -0.25) is 0 Å². The minimum absolute atomic E-state index is 0.0859. The normalized spacial score (nSPS) is 14.9. The maximum atomic E-state index is 5.97. The molecule has 21 heavy (non-hydrogen) atoms. The smallest absolute Gasteiger partial charge is 0.218 e. The maximum absolute atomic E-state index is 5.97. The first-order chi connectivity index (χ1) is 10.2. The van der Waals surface area contributed by atoms with Gasteiger partial charge in [-0.05, 0) is 36.6 Å². The summed E-state index contributed by atoms with van der Waals surface area (Å²) in [6, 6.07) is 10.7. The number of aromatic nitrogens is 1. The third-order valence-electron chi connectivity index (χ3n) is 4.03. The highest BCUT2D eigenvalue weighted by Gasteiger charge is 2.21. The van der Waals surface area contributed by atoms with E-state index in [1.807, 2.05) is 13.0 Å². The third-order valence-corrected chi connectivity index (χ3v) is 4.03. The molecule has 4 nitrogen and oxygen atoms in total. The van der Waals surface area contributed by atoms with Gasteiger partial charge >= 0.3 is 0 Å². The number of anilines is 1. The monoisotopic (exact) mass is 283 g/mol. The number of benzene rings is 1. The van der Waals surface area contributed by atoms with Crippen molar-refractivity contribution in [3.63, 3.8) is 0 Å². The molecule has 2 N–H and O–H groups in total. The predicted molar refractivity (Wildman–Crippen MR) is 84.6 cm³/mol. The van der Waals surface area contributed by atoms with Crippen molar-refractivity contribution in [3.8, 4) is 5.88 Å². The van der Waals surface area contributed by atoms with E-state index in [1.165, 1.54) is 16.8 Å². The minimum Gasteiger partial charge on any atom is -0.481 e. The average Bonchev–Trinajstić information content (AvgIpc) is 2.90. The van der Waals surface area contributed by atoms with E-state index in [0.29, 0.717) is 5.88 Å². The number of hydrogen-bond acceptors (Lipinski definition) is 4. The van der Waals surface area contributed by atoms with E-state index in [9.17, 15) is 0 Å². The Morgan fingerprint density at radius 3 is 3.00 bits per heavy atom. The average molecular weight is 283 g/mol. The summed E-state index contributed by atoms with van der Waals surface area (Å²) in [5.41, 5.74) is 11.0. The number of fused-ring (bicyclic) bond motifs is 1. The second-order valence-electron chi connectivity index (χ2n) is 5.52. The largest absolute Gasteiger partial charge is 0.481 e. The van der Waals surface area contributed by atoms with E-state index in [1.54, 1.807) is 13.3 Å². The number of methoxy groups -OCH3 is 1. The molecule has 4 heteroatoms. The lowest BCUT2D eigenvalue weighted by molar-refractivity contribution is 0.392. The third kappa shape index (κ3) is 2.72. The fraction of sp³-hybridized carbons (Fsp3) is 0.353. The zero-order valence-electron chi connectivity index (χ0n) is 12.5. The Kier molecular flexibility index (Phi) is 3.80. The molecule has 1 aromatic heterocycles. The molecule has 0 saturated heterocycles. The Labute approximate surface area is 125 Å². The molecule has 1 unspecified atom stereocenters. The van der Waals surface area contributed by atoms with E-state index < -0.39 is 0 Å². The molecule has 1 atom stereocenters. The minimum atomic E-state index is 0.0859. The lowest BCUT2D eigenvalue weighted by atomic mass is 10.0. The van der Waals surface area contributed by atoms with Gasteiger partial charge in [0, 0.05) is 36.6 Å². The van der Waals surface area contributed by atoms with E-state index in [0.717, 1.165) is 25.1 Å². The van der Waals surface area contributed by atoms with Crippen molar-refractivity contribution in [3.05, 3.63) is 53.2 Å². The Hall–Kier alpha value is -2.07. The van der Waals surface area contributed by atoms with Gasteiger partial charge in [0.25, 0.3) is 0 Å². The highest BCUT2D eigenvalue weighted by Crippen LogP contribution is 2.32. The van der Waals surface area contributed by atoms with Crippen molar-refractivity contribution in [1.82, 2.24) is 4.98 Å². The van der Waals surface area contributed by atoms with Crippen LogP contribution in [-0.2, 0) is 13.0 Å². The van der Waals surface area contributed by atoms with Crippen molar-refractivity contribution in [2.45, 2.75) is 25.9 Å². The summed E-state index contributed by atoms with van der Waals surface area (Å²) in [5, 5.41) is 0. The van der Waals surface area contributed by atoms with Crippen LogP contribution in [-0.4, -0.2) is 18.6 Å². The van der Waals surface area contributed by atoms with Crippen LogP contribution in [0.25, 0.3) is 0 Å². The van der Waals surface area contributed by atoms with Crippen molar-refractivity contribution in [2.24, 2.45) is 5.73 Å². The van der Waals surface area contributed by atoms with Crippen molar-refractivity contribution < 1.29 is 4.74 Å². The highest BCUT2D eigenvalue weighted by atomic mass is 16.5. The Balaban J connectivity index is 1.84. The van der Waals surface area contributed by atoms with Crippen LogP contribution in [0.2, 0.25) is 0 Å². The van der Waals surface area contributed by atoms with Crippen LogP contribution in [0, 0.1) is 0 Å². The molecular weight excluding hydrogens is 262 g/mol. The fourth-order valence-corrected chi connectivity index (χ4v) is 2.87. The van der Waals surface area contributed by atoms with E-state index >= 15 is 0 Å². The van der Waals surface area contributed by atoms with Gasteiger partial charge in [0.15, 0.2) is 0 Å². The van der Waals surface area contributed by atoms with Crippen molar-refractivity contribution in [1.29, 1.82) is 0 Å². The summed E-state index contributed by atoms with van der Waals surface area (Å²) in [6.07, 6.45) is 2.83. The van der Waals surface area contributed by atoms with Crippen LogP contribution in [0.15, 0.2) is 36.5 Å². The number of ether oxygens (including phenoxy) is 1. The fourth-order valence-electron chi connectivity index (χ4n) is 2.87. The van der Waals surface area contributed by atoms with Crippen LogP contribution in [0.5, 0.6) is 5.88 Å². The summed E-state index contributed by atoms with van der Waals surface area (Å²) >= 11 is 0. The molecule has 1 aliphatic heterocycles. The van der Waals surface area contributed by atoms with Crippen molar-refractivity contribution >= 4 is 5.69 Å². The Morgan fingerprint density at radius 1 is 1.38 bits per heavy atom. The molecule has 0 aliphatic carbocycles. The molecule has 0 bridgehead atoms. The number of pyridine rings is 1. The van der Waals surface area contributed by atoms with Gasteiger partial charge in [-0.25, -0.2) is 4.98 Å². The number of hydrogen-bond donors (Lipinski definition) is 1. The van der Waals surface area contributed by atoms with Gasteiger partial charge in [0.2, 0.25) is 5.88 Å². The van der Waals surface area contributed by atoms with E-state index in [4.69, 9.17) is 10.5 Å². The lowest BCUT2D eigenvalue weighted by Crippen LogP contribution is -2.20. The van der Waals surface area contributed by atoms with Crippen LogP contribution in [0.3, 0.4) is 0 Å². The molecule has 0 saturated carbocycles. The molecule has 0 spiro atoms. The van der Waals surface area contributed by atoms with Crippen LogP contribution < -0.4 is 15.4 Å². The topological polar surface area (TPSA) is 51.4 Å². The first kappa shape index (κ1) is 13.9. The molecule has 3 rings (SSSR count). The predicted octanol–water partition coefficient (Wildman–Crippen LogP) is 2.67. The molecule has 0 fully saturated rings. The molecule has 1 aromatic carbocycles. The highest BCUT2D eigenvalue weighted by molar-refractivity contribution is 5.59. The molecule has 1 aliphatic rings. The van der Waals surface area contributed by atoms with Gasteiger partial charge in [0.05, 0.1) is 7.11 Å². The molecule has 0 amide bonds. The zero-order valence-corrected chi connectivity index (χ0v) is 12.5. The molecule has 110 valence electrons. The first-order valence-corrected chi connectivity index (χ1v) is 7.30. The Bertz CT molecular complexity index is 640. The number of nitrogens with two attached hydrogens (primary N) is 1. The summed E-state index contributed by atoms with van der Waals surface area (Å²) in [7, 11) is 1.67. The van der Waals surface area contributed by atoms with Crippen LogP contribution in [0.4, 0.5) is 5.69 Å². The first-order valence-electron chi connectivity index (χ1n) is 7.30. The second kappa shape index (κ2) is 5.74. The summed E-state index contributed by atoms with van der Waals surface area (Å²) in [6.45, 7) is 3.87. The Morgan fingerprint density at radius 2 is 2.24 bits per heavy atom. The van der Waals surface area contributed by atoms with Crippen LogP contribution in [0.1, 0.15) is 29.7 Å². The van der Waals surface area contributed by atoms with Crippen LogP contribution >= 0.6 is 0 Å². The maximum Gasteiger partial charge on any atom is 0.218 e. The quantitative estimate of drug-likeness (QED) is 0.937. The summed E-state index contributed by atoms with van der Waals surface area (Å²) in [5.74, 6) is 0.707. The number of nitrogens with zero attached hydrogens (tertiary/aromatic N) is 2. The summed E-state index contributed by atoms with van der Waals surface area (Å²) in [4.78, 5) is 6.64. The standard InChI is InChI=1S/C17H21N3O/c1-12(18)13-5-6-16-14(10-13)7-9-20(16)11-15-4-3-8-19-17(15)21-2/h3-6,8,10,12H,7,9,11,18H2,1-2H3. The number of rotatable bonds is 4. The molecule has 0 radical (unpaired) electrons. The van der Waals surface area contributed by atoms with E-state index in [2.05, 4.69) is 34.1 Å². The molecule has 2 heterocycles. The van der Waals surface area contributed by atoms with Crippen molar-refractivity contribution in [2.75, 3.05) is 18.6 Å². The SMILES string of the molecule is COc1ncccc1CN1CCc2cc(C(C)N)ccc21. The van der Waals surface area contributed by atoms with Gasteiger partial charge < -0.3 is 15.4 Å². The van der Waals surface area contributed by atoms with Gasteiger partial charge in [-0.1, -0.05) is 18.2 Å². The lowest BCUT2D eigenvalue weighted by Gasteiger charge is -2.20. The molecular formula is C17H21N3O. The zero-order chi connectivity index (χ0) is 14.8. The van der Waals surface area contributed by atoms with E-state index in [-0.39, 0.29) is 6.04 Å². The summed E-state index contributed by atoms with van der Waals surface area (Å²) < 4.78 is 5.34.